The highest BCUT2D eigenvalue weighted by Crippen LogP contribution is 2.29. The van der Waals surface area contributed by atoms with E-state index in [2.05, 4.69) is 35.9 Å². The lowest BCUT2D eigenvalue weighted by Crippen LogP contribution is -2.37. The smallest absolute Gasteiger partial charge is 0.144 e. The Bertz CT molecular complexity index is 422. The van der Waals surface area contributed by atoms with E-state index in [4.69, 9.17) is 10.5 Å². The van der Waals surface area contributed by atoms with Crippen molar-refractivity contribution in [2.24, 2.45) is 0 Å². The van der Waals surface area contributed by atoms with Gasteiger partial charge >= 0.3 is 0 Å². The summed E-state index contributed by atoms with van der Waals surface area (Å²) in [7, 11) is 2.19. The first kappa shape index (κ1) is 14.0. The van der Waals surface area contributed by atoms with Gasteiger partial charge in [0, 0.05) is 30.9 Å². The normalized spacial score (nSPS) is 21.2. The highest BCUT2D eigenvalue weighted by atomic mass is 16.5. The number of hydrogen-bond acceptors (Lipinski definition) is 4. The summed E-state index contributed by atoms with van der Waals surface area (Å²) in [6.45, 7) is 8.24. The number of hydrogen-bond donors (Lipinski definition) is 1. The Hall–Kier alpha value is -1.42. The number of ether oxygens (including phenoxy) is 1. The zero-order valence-electron chi connectivity index (χ0n) is 12.2. The maximum Gasteiger partial charge on any atom is 0.144 e. The van der Waals surface area contributed by atoms with Crippen molar-refractivity contribution in [3.05, 3.63) is 18.2 Å². The minimum atomic E-state index is 0.505. The van der Waals surface area contributed by atoms with E-state index in [0.717, 1.165) is 25.4 Å². The van der Waals surface area contributed by atoms with E-state index < -0.39 is 0 Å². The Morgan fingerprint density at radius 3 is 2.89 bits per heavy atom. The van der Waals surface area contributed by atoms with Crippen LogP contribution in [0, 0.1) is 0 Å². The van der Waals surface area contributed by atoms with Gasteiger partial charge in [-0.3, -0.25) is 0 Å². The predicted molar refractivity (Wildman–Crippen MR) is 80.9 cm³/mol. The number of anilines is 2. The van der Waals surface area contributed by atoms with Gasteiger partial charge in [0.15, 0.2) is 0 Å². The molecule has 0 aromatic heterocycles. The van der Waals surface area contributed by atoms with E-state index in [0.29, 0.717) is 18.3 Å². The highest BCUT2D eigenvalue weighted by molar-refractivity contribution is 5.62. The van der Waals surface area contributed by atoms with Crippen LogP contribution in [0.5, 0.6) is 5.75 Å². The fraction of sp³-hybridized carbons (Fsp3) is 0.600. The lowest BCUT2D eigenvalue weighted by atomic mass is 10.2. The summed E-state index contributed by atoms with van der Waals surface area (Å²) in [5, 5.41) is 0. The molecule has 4 nitrogen and oxygen atoms in total. The van der Waals surface area contributed by atoms with E-state index in [1.807, 2.05) is 13.0 Å². The van der Waals surface area contributed by atoms with Gasteiger partial charge in [-0.25, -0.2) is 0 Å². The average Bonchev–Trinajstić information content (AvgIpc) is 2.53. The van der Waals surface area contributed by atoms with Gasteiger partial charge in [0.05, 0.1) is 12.3 Å². The molecule has 1 aromatic carbocycles. The first-order valence-electron chi connectivity index (χ1n) is 7.09. The van der Waals surface area contributed by atoms with E-state index in [9.17, 15) is 0 Å². The highest BCUT2D eigenvalue weighted by Gasteiger charge is 2.20. The molecule has 0 radical (unpaired) electrons. The molecule has 1 heterocycles. The van der Waals surface area contributed by atoms with Crippen molar-refractivity contribution in [3.63, 3.8) is 0 Å². The molecule has 1 saturated heterocycles. The topological polar surface area (TPSA) is 41.7 Å². The van der Waals surface area contributed by atoms with E-state index >= 15 is 0 Å². The Morgan fingerprint density at radius 2 is 2.16 bits per heavy atom. The molecular formula is C15H25N3O. The van der Waals surface area contributed by atoms with Crippen molar-refractivity contribution in [2.75, 3.05) is 43.9 Å². The Kier molecular flexibility index (Phi) is 4.53. The Morgan fingerprint density at radius 1 is 1.37 bits per heavy atom. The number of likely N-dealkylation sites (N-methyl/N-ethyl adjacent to an activating group) is 1. The van der Waals surface area contributed by atoms with Crippen molar-refractivity contribution in [1.29, 1.82) is 0 Å². The van der Waals surface area contributed by atoms with Gasteiger partial charge in [0.25, 0.3) is 0 Å². The van der Waals surface area contributed by atoms with Crippen molar-refractivity contribution < 1.29 is 4.74 Å². The average molecular weight is 263 g/mol. The van der Waals surface area contributed by atoms with Crippen LogP contribution in [0.15, 0.2) is 18.2 Å². The maximum absolute atomic E-state index is 5.94. The van der Waals surface area contributed by atoms with Gasteiger partial charge in [0.2, 0.25) is 0 Å². The summed E-state index contributed by atoms with van der Waals surface area (Å²) in [5.41, 5.74) is 7.86. The first-order chi connectivity index (χ1) is 9.11. The number of nitrogen functional groups attached to an aromatic ring is 1. The molecule has 0 bridgehead atoms. The second-order valence-corrected chi connectivity index (χ2v) is 5.31. The Balaban J connectivity index is 2.22. The predicted octanol–water partition coefficient (Wildman–Crippen LogP) is 2.20. The van der Waals surface area contributed by atoms with Crippen LogP contribution in [0.3, 0.4) is 0 Å². The fourth-order valence-electron chi connectivity index (χ4n) is 2.74. The molecule has 1 atom stereocenters. The lowest BCUT2D eigenvalue weighted by Gasteiger charge is -2.30. The number of nitrogens with zero attached hydrogens (tertiary/aromatic N) is 2. The molecule has 0 saturated carbocycles. The largest absolute Gasteiger partial charge is 0.492 e. The molecule has 1 aliphatic heterocycles. The van der Waals surface area contributed by atoms with Gasteiger partial charge in [-0.1, -0.05) is 0 Å². The molecule has 1 aromatic rings. The van der Waals surface area contributed by atoms with E-state index in [1.54, 1.807) is 0 Å². The van der Waals surface area contributed by atoms with Gasteiger partial charge in [-0.2, -0.15) is 0 Å². The molecule has 0 spiro atoms. The van der Waals surface area contributed by atoms with Crippen molar-refractivity contribution in [3.8, 4) is 5.75 Å². The maximum atomic E-state index is 5.94. The van der Waals surface area contributed by atoms with Crippen molar-refractivity contribution in [2.45, 2.75) is 26.3 Å². The third-order valence-corrected chi connectivity index (χ3v) is 3.68. The SMILES string of the molecule is CCOc1cc(N2CCCN(C)CC2C)ccc1N. The summed E-state index contributed by atoms with van der Waals surface area (Å²) in [4.78, 5) is 4.84. The summed E-state index contributed by atoms with van der Waals surface area (Å²) in [6, 6.07) is 6.62. The summed E-state index contributed by atoms with van der Waals surface area (Å²) < 4.78 is 5.59. The molecule has 2 rings (SSSR count). The molecule has 2 N–H and O–H groups in total. The number of nitrogens with two attached hydrogens (primary N) is 1. The van der Waals surface area contributed by atoms with Gasteiger partial charge in [0.1, 0.15) is 5.75 Å². The minimum absolute atomic E-state index is 0.505. The zero-order valence-corrected chi connectivity index (χ0v) is 12.2. The van der Waals surface area contributed by atoms with Crippen molar-refractivity contribution >= 4 is 11.4 Å². The van der Waals surface area contributed by atoms with Crippen LogP contribution < -0.4 is 15.4 Å². The first-order valence-corrected chi connectivity index (χ1v) is 7.09. The van der Waals surface area contributed by atoms with Gasteiger partial charge in [-0.15, -0.1) is 0 Å². The molecule has 0 aliphatic carbocycles. The van der Waals surface area contributed by atoms with Crippen LogP contribution in [-0.2, 0) is 0 Å². The molecule has 1 fully saturated rings. The van der Waals surface area contributed by atoms with Crippen molar-refractivity contribution in [1.82, 2.24) is 4.90 Å². The number of benzene rings is 1. The molecule has 106 valence electrons. The van der Waals surface area contributed by atoms with E-state index in [1.165, 1.54) is 12.1 Å². The van der Waals surface area contributed by atoms with Gasteiger partial charge in [-0.05, 0) is 46.0 Å². The van der Waals surface area contributed by atoms with E-state index in [-0.39, 0.29) is 0 Å². The molecule has 1 unspecified atom stereocenters. The van der Waals surface area contributed by atoms with Crippen LogP contribution in [0.2, 0.25) is 0 Å². The molecule has 1 aliphatic rings. The van der Waals surface area contributed by atoms with Crippen LogP contribution in [-0.4, -0.2) is 44.2 Å². The second kappa shape index (κ2) is 6.15. The monoisotopic (exact) mass is 263 g/mol. The number of rotatable bonds is 3. The molecular weight excluding hydrogens is 238 g/mol. The Labute approximate surface area is 116 Å². The van der Waals surface area contributed by atoms with Crippen LogP contribution in [0.1, 0.15) is 20.3 Å². The minimum Gasteiger partial charge on any atom is -0.492 e. The zero-order chi connectivity index (χ0) is 13.8. The van der Waals surface area contributed by atoms with Crippen LogP contribution in [0.4, 0.5) is 11.4 Å². The summed E-state index contributed by atoms with van der Waals surface area (Å²) in [5.74, 6) is 0.796. The standard InChI is InChI=1S/C15H25N3O/c1-4-19-15-10-13(6-7-14(15)16)18-9-5-8-17(3)11-12(18)2/h6-7,10,12H,4-5,8-9,11,16H2,1-3H3. The third kappa shape index (κ3) is 3.32. The lowest BCUT2D eigenvalue weighted by molar-refractivity contribution is 0.336. The quantitative estimate of drug-likeness (QED) is 0.849. The fourth-order valence-corrected chi connectivity index (χ4v) is 2.74. The van der Waals surface area contributed by atoms with Gasteiger partial charge < -0.3 is 20.3 Å². The third-order valence-electron chi connectivity index (χ3n) is 3.68. The molecule has 0 amide bonds. The van der Waals surface area contributed by atoms with Crippen LogP contribution >= 0.6 is 0 Å². The second-order valence-electron chi connectivity index (χ2n) is 5.31. The molecule has 4 heteroatoms. The molecule has 19 heavy (non-hydrogen) atoms. The summed E-state index contributed by atoms with van der Waals surface area (Å²) in [6.07, 6.45) is 1.19. The van der Waals surface area contributed by atoms with Crippen LogP contribution in [0.25, 0.3) is 0 Å². The summed E-state index contributed by atoms with van der Waals surface area (Å²) >= 11 is 0.